The van der Waals surface area contributed by atoms with Crippen LogP contribution in [0.15, 0.2) is 48.5 Å². The quantitative estimate of drug-likeness (QED) is 0.582. The first-order valence-electron chi connectivity index (χ1n) is 8.59. The molecule has 152 valence electrons. The van der Waals surface area contributed by atoms with Gasteiger partial charge >= 0.3 is 6.36 Å². The lowest BCUT2D eigenvalue weighted by molar-refractivity contribution is -0.274. The average molecular weight is 406 g/mol. The largest absolute Gasteiger partial charge is 0.573 e. The van der Waals surface area contributed by atoms with Crippen LogP contribution in [-0.4, -0.2) is 33.7 Å². The molecule has 2 aromatic carbocycles. The molecule has 0 aliphatic carbocycles. The fraction of sp³-hybridized carbons (Fsp3) is 0.211. The van der Waals surface area contributed by atoms with Crippen LogP contribution in [0.1, 0.15) is 24.3 Å². The number of ether oxygens (including phenoxy) is 2. The summed E-state index contributed by atoms with van der Waals surface area (Å²) < 4.78 is 46.1. The van der Waals surface area contributed by atoms with Gasteiger partial charge in [0.15, 0.2) is 17.3 Å². The van der Waals surface area contributed by atoms with Gasteiger partial charge in [0, 0.05) is 18.7 Å². The van der Waals surface area contributed by atoms with E-state index in [0.29, 0.717) is 23.7 Å². The molecule has 1 N–H and O–H groups in total. The number of rotatable bonds is 7. The number of carbonyl (C=O) groups excluding carboxylic acids is 1. The van der Waals surface area contributed by atoms with Gasteiger partial charge in [0.25, 0.3) is 0 Å². The van der Waals surface area contributed by atoms with Crippen LogP contribution in [0.4, 0.5) is 24.7 Å². The summed E-state index contributed by atoms with van der Waals surface area (Å²) in [5.74, 6) is 0.166. The Hall–Kier alpha value is -3.56. The molecule has 0 aliphatic rings. The maximum absolute atomic E-state index is 12.3. The third kappa shape index (κ3) is 5.24. The number of hydrogen-bond donors (Lipinski definition) is 1. The minimum absolute atomic E-state index is 0.0856. The Bertz CT molecular complexity index is 1000. The lowest BCUT2D eigenvalue weighted by atomic mass is 10.2. The van der Waals surface area contributed by atoms with Crippen LogP contribution in [0.5, 0.6) is 11.5 Å². The van der Waals surface area contributed by atoms with Crippen LogP contribution in [0.25, 0.3) is 5.69 Å². The highest BCUT2D eigenvalue weighted by atomic mass is 19.4. The Morgan fingerprint density at radius 2 is 1.83 bits per heavy atom. The summed E-state index contributed by atoms with van der Waals surface area (Å²) >= 11 is 0. The Balaban J connectivity index is 1.87. The molecule has 1 heterocycles. The molecule has 0 amide bonds. The highest BCUT2D eigenvalue weighted by Crippen LogP contribution is 2.25. The summed E-state index contributed by atoms with van der Waals surface area (Å²) in [6.07, 6.45) is -4.78. The van der Waals surface area contributed by atoms with Crippen LogP contribution >= 0.6 is 0 Å². The van der Waals surface area contributed by atoms with Gasteiger partial charge in [-0.1, -0.05) is 6.07 Å². The summed E-state index contributed by atoms with van der Waals surface area (Å²) in [7, 11) is 0. The SMILES string of the molecule is CCOc1cccc(Nc2nn(-c3ccc(OC(F)(F)F)cc3)nc2C(C)=O)c1. The minimum Gasteiger partial charge on any atom is -0.494 e. The fourth-order valence-corrected chi connectivity index (χ4v) is 2.49. The Morgan fingerprint density at radius 3 is 2.45 bits per heavy atom. The molecule has 7 nitrogen and oxygen atoms in total. The number of hydrogen-bond acceptors (Lipinski definition) is 6. The van der Waals surface area contributed by atoms with Crippen LogP contribution in [0.3, 0.4) is 0 Å². The van der Waals surface area contributed by atoms with Crippen molar-refractivity contribution in [3.63, 3.8) is 0 Å². The van der Waals surface area contributed by atoms with Gasteiger partial charge in [0.2, 0.25) is 0 Å². The third-order valence-electron chi connectivity index (χ3n) is 3.66. The van der Waals surface area contributed by atoms with Crippen molar-refractivity contribution < 1.29 is 27.4 Å². The fourth-order valence-electron chi connectivity index (χ4n) is 2.49. The second-order valence-electron chi connectivity index (χ2n) is 5.87. The van der Waals surface area contributed by atoms with E-state index in [1.54, 1.807) is 24.3 Å². The Labute approximate surface area is 164 Å². The van der Waals surface area contributed by atoms with Gasteiger partial charge < -0.3 is 14.8 Å². The number of aromatic nitrogens is 3. The zero-order chi connectivity index (χ0) is 21.0. The molecule has 0 fully saturated rings. The Morgan fingerprint density at radius 1 is 1.10 bits per heavy atom. The molecule has 0 saturated carbocycles. The number of halogens is 3. The standard InChI is InChI=1S/C19H17F3N4O3/c1-3-28-16-6-4-5-13(11-16)23-18-17(12(2)27)24-26(25-18)14-7-9-15(10-8-14)29-19(20,21)22/h4-11H,3H2,1-2H3,(H,23,25). The number of anilines is 2. The van der Waals surface area contributed by atoms with E-state index in [1.807, 2.05) is 6.92 Å². The van der Waals surface area contributed by atoms with E-state index in [1.165, 1.54) is 19.1 Å². The van der Waals surface area contributed by atoms with E-state index in [9.17, 15) is 18.0 Å². The molecule has 10 heteroatoms. The molecular formula is C19H17F3N4O3. The normalized spacial score (nSPS) is 11.2. The van der Waals surface area contributed by atoms with Crippen LogP contribution < -0.4 is 14.8 Å². The van der Waals surface area contributed by atoms with E-state index in [4.69, 9.17) is 4.74 Å². The van der Waals surface area contributed by atoms with E-state index in [-0.39, 0.29) is 23.0 Å². The number of carbonyl (C=O) groups is 1. The summed E-state index contributed by atoms with van der Waals surface area (Å²) in [4.78, 5) is 13.1. The molecule has 0 unspecified atom stereocenters. The molecular weight excluding hydrogens is 389 g/mol. The molecule has 3 rings (SSSR count). The summed E-state index contributed by atoms with van der Waals surface area (Å²) in [5.41, 5.74) is 1.08. The number of alkyl halides is 3. The number of nitrogens with zero attached hydrogens (tertiary/aromatic N) is 3. The number of nitrogens with one attached hydrogen (secondary N) is 1. The number of ketones is 1. The third-order valence-corrected chi connectivity index (χ3v) is 3.66. The average Bonchev–Trinajstić information content (AvgIpc) is 3.06. The predicted molar refractivity (Wildman–Crippen MR) is 98.9 cm³/mol. The van der Waals surface area contributed by atoms with Gasteiger partial charge in [-0.05, 0) is 43.3 Å². The maximum atomic E-state index is 12.3. The van der Waals surface area contributed by atoms with Crippen molar-refractivity contribution >= 4 is 17.3 Å². The monoisotopic (exact) mass is 406 g/mol. The van der Waals surface area contributed by atoms with Gasteiger partial charge in [-0.2, -0.15) is 0 Å². The molecule has 0 saturated heterocycles. The molecule has 29 heavy (non-hydrogen) atoms. The van der Waals surface area contributed by atoms with Crippen molar-refractivity contribution in [3.8, 4) is 17.2 Å². The smallest absolute Gasteiger partial charge is 0.494 e. The van der Waals surface area contributed by atoms with Crippen LogP contribution in [0.2, 0.25) is 0 Å². The summed E-state index contributed by atoms with van der Waals surface area (Å²) in [6.45, 7) is 3.72. The van der Waals surface area contributed by atoms with Gasteiger partial charge in [0.05, 0.1) is 12.3 Å². The lowest BCUT2D eigenvalue weighted by Gasteiger charge is -2.09. The van der Waals surface area contributed by atoms with Gasteiger partial charge in [-0.25, -0.2) is 0 Å². The van der Waals surface area contributed by atoms with Crippen molar-refractivity contribution in [2.24, 2.45) is 0 Å². The lowest BCUT2D eigenvalue weighted by Crippen LogP contribution is -2.17. The molecule has 0 atom stereocenters. The van der Waals surface area contributed by atoms with Gasteiger partial charge in [0.1, 0.15) is 11.5 Å². The van der Waals surface area contributed by atoms with Gasteiger partial charge in [-0.3, -0.25) is 4.79 Å². The first-order valence-corrected chi connectivity index (χ1v) is 8.59. The van der Waals surface area contributed by atoms with Gasteiger partial charge in [-0.15, -0.1) is 28.2 Å². The minimum atomic E-state index is -4.78. The van der Waals surface area contributed by atoms with E-state index >= 15 is 0 Å². The second-order valence-corrected chi connectivity index (χ2v) is 5.87. The van der Waals surface area contributed by atoms with E-state index in [2.05, 4.69) is 20.3 Å². The van der Waals surface area contributed by atoms with E-state index < -0.39 is 6.36 Å². The molecule has 0 radical (unpaired) electrons. The summed E-state index contributed by atoms with van der Waals surface area (Å²) in [6, 6.07) is 12.1. The molecule has 1 aromatic heterocycles. The van der Waals surface area contributed by atoms with Crippen LogP contribution in [0, 0.1) is 0 Å². The molecule has 3 aromatic rings. The highest BCUT2D eigenvalue weighted by Gasteiger charge is 2.31. The summed E-state index contributed by atoms with van der Waals surface area (Å²) in [5, 5.41) is 11.4. The number of benzene rings is 2. The highest BCUT2D eigenvalue weighted by molar-refractivity contribution is 5.97. The second kappa shape index (κ2) is 8.21. The zero-order valence-corrected chi connectivity index (χ0v) is 15.5. The van der Waals surface area contributed by atoms with Crippen LogP contribution in [-0.2, 0) is 0 Å². The molecule has 0 aliphatic heterocycles. The first-order chi connectivity index (χ1) is 13.7. The number of Topliss-reactive ketones (excluding diaryl/α,β-unsaturated/α-hetero) is 1. The molecule has 0 spiro atoms. The zero-order valence-electron chi connectivity index (χ0n) is 15.5. The predicted octanol–water partition coefficient (Wildman–Crippen LogP) is 4.51. The van der Waals surface area contributed by atoms with Crippen molar-refractivity contribution in [2.45, 2.75) is 20.2 Å². The Kier molecular flexibility index (Phi) is 5.71. The van der Waals surface area contributed by atoms with E-state index in [0.717, 1.165) is 16.9 Å². The topological polar surface area (TPSA) is 78.3 Å². The van der Waals surface area contributed by atoms with Crippen molar-refractivity contribution in [2.75, 3.05) is 11.9 Å². The van der Waals surface area contributed by atoms with Crippen molar-refractivity contribution in [3.05, 3.63) is 54.2 Å². The van der Waals surface area contributed by atoms with Crippen molar-refractivity contribution in [1.82, 2.24) is 15.0 Å². The maximum Gasteiger partial charge on any atom is 0.573 e. The van der Waals surface area contributed by atoms with Crippen molar-refractivity contribution in [1.29, 1.82) is 0 Å². The molecule has 0 bridgehead atoms. The first kappa shape index (κ1) is 20.2.